The molecule has 3 aromatic carbocycles. The topological polar surface area (TPSA) is 71.0 Å². The maximum Gasteiger partial charge on any atom is 0.179 e. The highest BCUT2D eigenvalue weighted by molar-refractivity contribution is 6.51. The number of hydrogen-bond acceptors (Lipinski definition) is 6. The number of aromatic nitrogens is 2. The molecule has 4 heterocycles. The molecule has 0 saturated heterocycles. The number of nitrogens with one attached hydrogen (secondary N) is 1. The van der Waals surface area contributed by atoms with Crippen LogP contribution in [0.3, 0.4) is 0 Å². The first-order valence-corrected chi connectivity index (χ1v) is 12.7. The minimum Gasteiger partial charge on any atom is -0.467 e. The summed E-state index contributed by atoms with van der Waals surface area (Å²) in [7, 11) is 0. The summed E-state index contributed by atoms with van der Waals surface area (Å²) in [5.74, 6) is 2.98. The Morgan fingerprint density at radius 2 is 1.58 bits per heavy atom. The van der Waals surface area contributed by atoms with Crippen molar-refractivity contribution in [2.75, 3.05) is 10.2 Å². The molecule has 0 amide bonds. The lowest BCUT2D eigenvalue weighted by atomic mass is 9.97. The second kappa shape index (κ2) is 8.59. The fourth-order valence-corrected chi connectivity index (χ4v) is 5.45. The van der Waals surface area contributed by atoms with Crippen molar-refractivity contribution in [1.29, 1.82) is 0 Å². The van der Waals surface area contributed by atoms with Crippen LogP contribution >= 0.6 is 0 Å². The highest BCUT2D eigenvalue weighted by Gasteiger charge is 2.42. The Morgan fingerprint density at radius 1 is 0.816 bits per heavy atom. The molecule has 5 aromatic rings. The van der Waals surface area contributed by atoms with Crippen molar-refractivity contribution in [1.82, 2.24) is 9.78 Å². The first-order chi connectivity index (χ1) is 18.6. The Balaban J connectivity index is 1.49. The molecule has 7 heteroatoms. The first kappa shape index (κ1) is 22.3. The second-order valence-electron chi connectivity index (χ2n) is 9.74. The molecule has 1 atom stereocenters. The van der Waals surface area contributed by atoms with Crippen LogP contribution in [0.15, 0.2) is 106 Å². The van der Waals surface area contributed by atoms with E-state index < -0.39 is 0 Å². The van der Waals surface area contributed by atoms with Crippen LogP contribution in [0, 0.1) is 20.8 Å². The van der Waals surface area contributed by atoms with Gasteiger partial charge in [0.15, 0.2) is 17.5 Å². The number of rotatable bonds is 3. The minimum atomic E-state index is -0.266. The number of nitrogens with zero attached hydrogens (tertiary/aromatic N) is 5. The van der Waals surface area contributed by atoms with Crippen molar-refractivity contribution < 1.29 is 4.42 Å². The van der Waals surface area contributed by atoms with Gasteiger partial charge in [-0.25, -0.2) is 14.7 Å². The molecule has 7 rings (SSSR count). The maximum absolute atomic E-state index is 6.05. The van der Waals surface area contributed by atoms with Crippen LogP contribution in [0.1, 0.15) is 34.2 Å². The van der Waals surface area contributed by atoms with Crippen LogP contribution in [-0.4, -0.2) is 21.5 Å². The van der Waals surface area contributed by atoms with Gasteiger partial charge in [-0.2, -0.15) is 5.10 Å². The lowest BCUT2D eigenvalue weighted by Crippen LogP contribution is -2.46. The molecule has 186 valence electrons. The van der Waals surface area contributed by atoms with E-state index in [2.05, 4.69) is 48.3 Å². The number of benzene rings is 3. The van der Waals surface area contributed by atoms with Gasteiger partial charge in [0.05, 0.1) is 34.6 Å². The highest BCUT2D eigenvalue weighted by Crippen LogP contribution is 2.48. The van der Waals surface area contributed by atoms with Crippen molar-refractivity contribution >= 4 is 34.6 Å². The third-order valence-electron chi connectivity index (χ3n) is 6.94. The fourth-order valence-electron chi connectivity index (χ4n) is 5.45. The van der Waals surface area contributed by atoms with E-state index in [1.807, 2.05) is 72.3 Å². The van der Waals surface area contributed by atoms with Crippen LogP contribution in [0.2, 0.25) is 0 Å². The molecule has 0 saturated carbocycles. The molecule has 0 radical (unpaired) electrons. The smallest absolute Gasteiger partial charge is 0.179 e. The minimum absolute atomic E-state index is 0.266. The van der Waals surface area contributed by atoms with Gasteiger partial charge >= 0.3 is 0 Å². The average molecular weight is 499 g/mol. The number of fused-ring (bicyclic) bond motifs is 4. The number of aryl methyl sites for hydroxylation is 3. The molecule has 7 nitrogen and oxygen atoms in total. The van der Waals surface area contributed by atoms with Crippen molar-refractivity contribution in [3.63, 3.8) is 0 Å². The van der Waals surface area contributed by atoms with Crippen LogP contribution in [-0.2, 0) is 0 Å². The number of furan rings is 1. The van der Waals surface area contributed by atoms with Crippen molar-refractivity contribution in [2.45, 2.75) is 26.8 Å². The third-order valence-corrected chi connectivity index (χ3v) is 6.94. The SMILES string of the molecule is Cc1cc(C)cc(NC2=Nc3ccccc3N3C2=Nc2c(c(C)nn2-c2ccccc2)C3c2ccco2)c1. The van der Waals surface area contributed by atoms with Gasteiger partial charge in [-0.05, 0) is 80.4 Å². The van der Waals surface area contributed by atoms with Gasteiger partial charge in [0.2, 0.25) is 0 Å². The Labute approximate surface area is 220 Å². The molecule has 2 aliphatic rings. The summed E-state index contributed by atoms with van der Waals surface area (Å²) >= 11 is 0. The quantitative estimate of drug-likeness (QED) is 0.286. The summed E-state index contributed by atoms with van der Waals surface area (Å²) in [6, 6.07) is 28.3. The van der Waals surface area contributed by atoms with Crippen LogP contribution in [0.4, 0.5) is 22.9 Å². The van der Waals surface area contributed by atoms with E-state index in [9.17, 15) is 0 Å². The molecule has 1 N–H and O–H groups in total. The van der Waals surface area contributed by atoms with E-state index in [0.717, 1.165) is 45.6 Å². The zero-order chi connectivity index (χ0) is 25.8. The van der Waals surface area contributed by atoms with Crippen LogP contribution in [0.5, 0.6) is 0 Å². The normalized spacial score (nSPS) is 15.8. The van der Waals surface area contributed by atoms with Gasteiger partial charge < -0.3 is 14.6 Å². The molecule has 38 heavy (non-hydrogen) atoms. The lowest BCUT2D eigenvalue weighted by Gasteiger charge is -2.39. The largest absolute Gasteiger partial charge is 0.467 e. The number of hydrogen-bond donors (Lipinski definition) is 1. The summed E-state index contributed by atoms with van der Waals surface area (Å²) in [6.07, 6.45) is 1.72. The first-order valence-electron chi connectivity index (χ1n) is 12.7. The summed E-state index contributed by atoms with van der Waals surface area (Å²) in [5, 5.41) is 8.53. The zero-order valence-corrected chi connectivity index (χ0v) is 21.4. The van der Waals surface area contributed by atoms with Crippen molar-refractivity contribution in [2.24, 2.45) is 9.98 Å². The molecule has 0 aliphatic carbocycles. The summed E-state index contributed by atoms with van der Waals surface area (Å²) in [4.78, 5) is 12.5. The van der Waals surface area contributed by atoms with E-state index >= 15 is 0 Å². The predicted octanol–water partition coefficient (Wildman–Crippen LogP) is 7.19. The van der Waals surface area contributed by atoms with Gasteiger partial charge in [-0.15, -0.1) is 0 Å². The van der Waals surface area contributed by atoms with Crippen molar-refractivity contribution in [3.05, 3.63) is 119 Å². The maximum atomic E-state index is 6.05. The zero-order valence-electron chi connectivity index (χ0n) is 21.4. The molecule has 0 bridgehead atoms. The second-order valence-corrected chi connectivity index (χ2v) is 9.74. The summed E-state index contributed by atoms with van der Waals surface area (Å²) < 4.78 is 7.97. The van der Waals surface area contributed by atoms with Crippen LogP contribution < -0.4 is 10.2 Å². The van der Waals surface area contributed by atoms with Gasteiger partial charge in [0.25, 0.3) is 0 Å². The van der Waals surface area contributed by atoms with Gasteiger partial charge in [0.1, 0.15) is 11.8 Å². The van der Waals surface area contributed by atoms with Crippen molar-refractivity contribution in [3.8, 4) is 5.69 Å². The molecule has 2 aromatic heterocycles. The van der Waals surface area contributed by atoms with Crippen LogP contribution in [0.25, 0.3) is 5.69 Å². The number of amidine groups is 2. The molecule has 0 fully saturated rings. The molecular weight excluding hydrogens is 472 g/mol. The van der Waals surface area contributed by atoms with Gasteiger partial charge in [0, 0.05) is 5.69 Å². The Hall–Kier alpha value is -4.91. The number of anilines is 2. The standard InChI is InChI=1S/C31H26N6O/c1-19-16-20(2)18-22(17-19)32-29-31-34-30-27(21(3)35-37(30)23-10-5-4-6-11-23)28(26-14-9-15-38-26)36(31)25-13-8-7-12-24(25)33-29/h4-18,28H,1-3H3,(H,32,33). The number of aliphatic imine (C=N–C) groups is 2. The monoisotopic (exact) mass is 498 g/mol. The third kappa shape index (κ3) is 3.55. The lowest BCUT2D eigenvalue weighted by molar-refractivity contribution is 0.487. The predicted molar refractivity (Wildman–Crippen MR) is 152 cm³/mol. The van der Waals surface area contributed by atoms with E-state index in [1.165, 1.54) is 11.1 Å². The Kier molecular flexibility index (Phi) is 5.04. The Bertz CT molecular complexity index is 1710. The summed E-state index contributed by atoms with van der Waals surface area (Å²) in [6.45, 7) is 6.23. The molecule has 0 spiro atoms. The van der Waals surface area contributed by atoms with E-state index in [1.54, 1.807) is 6.26 Å². The van der Waals surface area contributed by atoms with Gasteiger partial charge in [-0.1, -0.05) is 36.4 Å². The molecule has 1 unspecified atom stereocenters. The highest BCUT2D eigenvalue weighted by atomic mass is 16.3. The van der Waals surface area contributed by atoms with E-state index in [-0.39, 0.29) is 6.04 Å². The molecular formula is C31H26N6O. The fraction of sp³-hybridized carbons (Fsp3) is 0.129. The summed E-state index contributed by atoms with van der Waals surface area (Å²) in [5.41, 5.74) is 8.02. The number of para-hydroxylation sites is 3. The average Bonchev–Trinajstić information content (AvgIpc) is 3.56. The van der Waals surface area contributed by atoms with E-state index in [0.29, 0.717) is 11.7 Å². The molecule has 2 aliphatic heterocycles. The van der Waals surface area contributed by atoms with Gasteiger partial charge in [-0.3, -0.25) is 0 Å². The van der Waals surface area contributed by atoms with E-state index in [4.69, 9.17) is 19.5 Å². The Morgan fingerprint density at radius 3 is 2.34 bits per heavy atom.